The van der Waals surface area contributed by atoms with E-state index in [1.54, 1.807) is 0 Å². The molecular formula is C11H15ClO5. The predicted octanol–water partition coefficient (Wildman–Crippen LogP) is 1.04. The minimum absolute atomic E-state index is 0.104. The molecule has 1 rings (SSSR count). The van der Waals surface area contributed by atoms with Gasteiger partial charge in [-0.05, 0) is 17.7 Å². The summed E-state index contributed by atoms with van der Waals surface area (Å²) in [5, 5.41) is 28.9. The third-order valence-corrected chi connectivity index (χ3v) is 2.68. The zero-order chi connectivity index (χ0) is 13.0. The summed E-state index contributed by atoms with van der Waals surface area (Å²) in [7, 11) is 2.76. The van der Waals surface area contributed by atoms with Crippen molar-refractivity contribution in [2.24, 2.45) is 0 Å². The monoisotopic (exact) mass is 262 g/mol. The van der Waals surface area contributed by atoms with E-state index in [1.165, 1.54) is 26.4 Å². The van der Waals surface area contributed by atoms with Crippen LogP contribution < -0.4 is 9.47 Å². The second-order valence-corrected chi connectivity index (χ2v) is 3.75. The molecular weight excluding hydrogens is 248 g/mol. The van der Waals surface area contributed by atoms with Gasteiger partial charge in [0.1, 0.15) is 6.10 Å². The average molecular weight is 263 g/mol. The third-order valence-electron chi connectivity index (χ3n) is 2.37. The van der Waals surface area contributed by atoms with Crippen LogP contribution in [0.3, 0.4) is 0 Å². The summed E-state index contributed by atoms with van der Waals surface area (Å²) in [4.78, 5) is 0. The molecule has 0 aliphatic rings. The Kier molecular flexibility index (Phi) is 4.86. The lowest BCUT2D eigenvalue weighted by molar-refractivity contribution is 0.0324. The minimum atomic E-state index is -1.17. The molecule has 0 saturated heterocycles. The van der Waals surface area contributed by atoms with Crippen LogP contribution in [0.5, 0.6) is 17.2 Å². The molecule has 1 aromatic carbocycles. The Labute approximate surface area is 104 Å². The normalized spacial score (nSPS) is 14.2. The molecule has 0 radical (unpaired) electrons. The number of hydrogen-bond acceptors (Lipinski definition) is 5. The van der Waals surface area contributed by atoms with Crippen LogP contribution in [-0.2, 0) is 0 Å². The smallest absolute Gasteiger partial charge is 0.200 e. The van der Waals surface area contributed by atoms with Crippen molar-refractivity contribution in [3.05, 3.63) is 17.7 Å². The van der Waals surface area contributed by atoms with E-state index in [-0.39, 0.29) is 23.1 Å². The summed E-state index contributed by atoms with van der Waals surface area (Å²) in [6.45, 7) is 0. The summed E-state index contributed by atoms with van der Waals surface area (Å²) >= 11 is 5.45. The zero-order valence-electron chi connectivity index (χ0n) is 9.55. The molecule has 0 aliphatic heterocycles. The lowest BCUT2D eigenvalue weighted by Crippen LogP contribution is -2.19. The van der Waals surface area contributed by atoms with Crippen molar-refractivity contribution in [3.63, 3.8) is 0 Å². The number of alkyl halides is 1. The highest BCUT2D eigenvalue weighted by molar-refractivity contribution is 6.18. The van der Waals surface area contributed by atoms with Crippen LogP contribution in [0.1, 0.15) is 11.7 Å². The van der Waals surface area contributed by atoms with Gasteiger partial charge in [-0.15, -0.1) is 11.6 Å². The number of phenolic OH excluding ortho intramolecular Hbond substituents is 1. The van der Waals surface area contributed by atoms with Crippen molar-refractivity contribution in [1.82, 2.24) is 0 Å². The van der Waals surface area contributed by atoms with Crippen molar-refractivity contribution in [2.45, 2.75) is 12.2 Å². The van der Waals surface area contributed by atoms with Crippen LogP contribution in [0.2, 0.25) is 0 Å². The lowest BCUT2D eigenvalue weighted by atomic mass is 10.0. The lowest BCUT2D eigenvalue weighted by Gasteiger charge is -2.18. The van der Waals surface area contributed by atoms with Gasteiger partial charge in [-0.3, -0.25) is 0 Å². The molecule has 2 atom stereocenters. The van der Waals surface area contributed by atoms with Crippen LogP contribution in [0.4, 0.5) is 0 Å². The van der Waals surface area contributed by atoms with E-state index in [0.29, 0.717) is 5.56 Å². The Morgan fingerprint density at radius 3 is 2.00 bits per heavy atom. The standard InChI is InChI=1S/C11H15ClO5/c1-16-8-3-6(10(14)7(13)5-12)4-9(17-2)11(8)15/h3-4,7,10,13-15H,5H2,1-2H3. The molecule has 0 aliphatic carbocycles. The Bertz CT molecular complexity index is 357. The molecule has 5 nitrogen and oxygen atoms in total. The Morgan fingerprint density at radius 2 is 1.65 bits per heavy atom. The van der Waals surface area contributed by atoms with Gasteiger partial charge >= 0.3 is 0 Å². The molecule has 0 amide bonds. The van der Waals surface area contributed by atoms with Crippen LogP contribution >= 0.6 is 11.6 Å². The number of methoxy groups -OCH3 is 2. The molecule has 2 unspecified atom stereocenters. The third kappa shape index (κ3) is 2.94. The van der Waals surface area contributed by atoms with Crippen molar-refractivity contribution < 1.29 is 24.8 Å². The first-order valence-electron chi connectivity index (χ1n) is 4.92. The maximum absolute atomic E-state index is 9.79. The highest BCUT2D eigenvalue weighted by Gasteiger charge is 2.21. The van der Waals surface area contributed by atoms with Crippen LogP contribution in [-0.4, -0.2) is 41.5 Å². The van der Waals surface area contributed by atoms with Crippen molar-refractivity contribution in [3.8, 4) is 17.2 Å². The number of ether oxygens (including phenoxy) is 2. The number of hydrogen-bond donors (Lipinski definition) is 3. The topological polar surface area (TPSA) is 79.2 Å². The summed E-state index contributed by atoms with van der Waals surface area (Å²) in [5.41, 5.74) is 0.352. The van der Waals surface area contributed by atoms with Crippen LogP contribution in [0.25, 0.3) is 0 Å². The first kappa shape index (κ1) is 13.9. The summed E-state index contributed by atoms with van der Waals surface area (Å²) in [5.74, 6) is 0.0406. The van der Waals surface area contributed by atoms with Gasteiger partial charge in [0.15, 0.2) is 11.5 Å². The summed E-state index contributed by atoms with van der Waals surface area (Å²) in [6.07, 6.45) is -2.27. The molecule has 0 fully saturated rings. The van der Waals surface area contributed by atoms with Gasteiger partial charge in [-0.2, -0.15) is 0 Å². The summed E-state index contributed by atoms with van der Waals surface area (Å²) < 4.78 is 9.87. The fourth-order valence-electron chi connectivity index (χ4n) is 1.39. The second-order valence-electron chi connectivity index (χ2n) is 3.44. The van der Waals surface area contributed by atoms with E-state index in [9.17, 15) is 15.3 Å². The number of phenols is 1. The van der Waals surface area contributed by atoms with Crippen molar-refractivity contribution >= 4 is 11.6 Å². The van der Waals surface area contributed by atoms with Crippen molar-refractivity contribution in [1.29, 1.82) is 0 Å². The first-order chi connectivity index (χ1) is 8.04. The number of aromatic hydroxyl groups is 1. The second kappa shape index (κ2) is 5.95. The molecule has 6 heteroatoms. The average Bonchev–Trinajstić information content (AvgIpc) is 2.37. The number of halogens is 1. The molecule has 3 N–H and O–H groups in total. The van der Waals surface area contributed by atoms with Gasteiger partial charge in [-0.25, -0.2) is 0 Å². The number of benzene rings is 1. The highest BCUT2D eigenvalue weighted by Crippen LogP contribution is 2.39. The number of aliphatic hydroxyl groups excluding tert-OH is 2. The van der Waals surface area contributed by atoms with E-state index in [2.05, 4.69) is 0 Å². The van der Waals surface area contributed by atoms with E-state index in [4.69, 9.17) is 21.1 Å². The largest absolute Gasteiger partial charge is 0.502 e. The molecule has 17 heavy (non-hydrogen) atoms. The molecule has 1 aromatic rings. The molecule has 0 heterocycles. The van der Waals surface area contributed by atoms with Gasteiger partial charge in [0.25, 0.3) is 0 Å². The minimum Gasteiger partial charge on any atom is -0.502 e. The number of rotatable bonds is 5. The van der Waals surface area contributed by atoms with E-state index >= 15 is 0 Å². The predicted molar refractivity (Wildman–Crippen MR) is 62.9 cm³/mol. The van der Waals surface area contributed by atoms with Gasteiger partial charge in [0, 0.05) is 0 Å². The quantitative estimate of drug-likeness (QED) is 0.691. The molecule has 0 saturated carbocycles. The van der Waals surface area contributed by atoms with Crippen LogP contribution in [0, 0.1) is 0 Å². The Morgan fingerprint density at radius 1 is 1.18 bits per heavy atom. The highest BCUT2D eigenvalue weighted by atomic mass is 35.5. The number of aliphatic hydroxyl groups is 2. The SMILES string of the molecule is COc1cc(C(O)C(O)CCl)cc(OC)c1O. The molecule has 0 aromatic heterocycles. The fraction of sp³-hybridized carbons (Fsp3) is 0.455. The first-order valence-corrected chi connectivity index (χ1v) is 5.45. The maximum atomic E-state index is 9.79. The molecule has 96 valence electrons. The van der Waals surface area contributed by atoms with Gasteiger partial charge in [-0.1, -0.05) is 0 Å². The van der Waals surface area contributed by atoms with Crippen molar-refractivity contribution in [2.75, 3.05) is 20.1 Å². The van der Waals surface area contributed by atoms with E-state index in [0.717, 1.165) is 0 Å². The van der Waals surface area contributed by atoms with E-state index in [1.807, 2.05) is 0 Å². The maximum Gasteiger partial charge on any atom is 0.200 e. The molecule has 0 spiro atoms. The van der Waals surface area contributed by atoms with Gasteiger partial charge < -0.3 is 24.8 Å². The Balaban J connectivity index is 3.17. The Hall–Kier alpha value is -1.17. The van der Waals surface area contributed by atoms with Gasteiger partial charge in [0.2, 0.25) is 5.75 Å². The van der Waals surface area contributed by atoms with E-state index < -0.39 is 12.2 Å². The van der Waals surface area contributed by atoms with Gasteiger partial charge in [0.05, 0.1) is 26.2 Å². The zero-order valence-corrected chi connectivity index (χ0v) is 10.3. The fourth-order valence-corrected chi connectivity index (χ4v) is 1.56. The summed E-state index contributed by atoms with van der Waals surface area (Å²) in [6, 6.07) is 2.83. The van der Waals surface area contributed by atoms with Crippen LogP contribution in [0.15, 0.2) is 12.1 Å². The molecule has 0 bridgehead atoms.